The van der Waals surface area contributed by atoms with Crippen LogP contribution in [0.3, 0.4) is 0 Å². The number of benzene rings is 3. The summed E-state index contributed by atoms with van der Waals surface area (Å²) in [4.78, 5) is 16.3. The molecule has 9 heteroatoms. The molecule has 0 aliphatic carbocycles. The quantitative estimate of drug-likeness (QED) is 0.389. The fraction of sp³-hybridized carbons (Fsp3) is 0. The topological polar surface area (TPSA) is 107 Å². The predicted octanol–water partition coefficient (Wildman–Crippen LogP) is 5.01. The van der Waals surface area contributed by atoms with Gasteiger partial charge in [-0.15, -0.1) is 0 Å². The number of ether oxygens (including phenoxy) is 1. The molecule has 3 aromatic carbocycles. The van der Waals surface area contributed by atoms with Crippen molar-refractivity contribution in [3.8, 4) is 23.3 Å². The van der Waals surface area contributed by atoms with E-state index >= 15 is 0 Å². The molecule has 1 heterocycles. The van der Waals surface area contributed by atoms with Crippen molar-refractivity contribution < 1.29 is 19.0 Å². The van der Waals surface area contributed by atoms with Gasteiger partial charge in [-0.2, -0.15) is 5.26 Å². The van der Waals surface area contributed by atoms with Crippen molar-refractivity contribution in [3.05, 3.63) is 84.3 Å². The van der Waals surface area contributed by atoms with Gasteiger partial charge >= 0.3 is 6.03 Å². The Balaban J connectivity index is 0.00000289. The van der Waals surface area contributed by atoms with Gasteiger partial charge in [0.25, 0.3) is 0 Å². The van der Waals surface area contributed by atoms with Crippen LogP contribution in [0.25, 0.3) is 10.9 Å². The van der Waals surface area contributed by atoms with Crippen LogP contribution in [0.4, 0.5) is 20.6 Å². The zero-order valence-corrected chi connectivity index (χ0v) is 19.0. The number of nitrogens with zero attached hydrogens (tertiary/aromatic N) is 2. The van der Waals surface area contributed by atoms with Crippen molar-refractivity contribution in [2.24, 2.45) is 0 Å². The van der Waals surface area contributed by atoms with E-state index in [0.29, 0.717) is 33.8 Å². The van der Waals surface area contributed by atoms with Crippen LogP contribution < -0.4 is 15.4 Å². The molecular weight excluding hydrogens is 422 g/mol. The van der Waals surface area contributed by atoms with E-state index in [2.05, 4.69) is 15.6 Å². The molecule has 0 unspecified atom stereocenters. The Hall–Kier alpha value is -3.64. The van der Waals surface area contributed by atoms with Crippen molar-refractivity contribution in [3.63, 3.8) is 0 Å². The number of hydrogen-bond acceptors (Lipinski definition) is 5. The maximum absolute atomic E-state index is 12.9. The van der Waals surface area contributed by atoms with Crippen molar-refractivity contribution in [1.82, 2.24) is 4.98 Å². The van der Waals surface area contributed by atoms with Crippen molar-refractivity contribution in [1.29, 1.82) is 5.26 Å². The standard InChI is InChI=1S/C23H15FN4O3.Na/c24-15-1-3-16(4-2-15)27-23(30)28-17-5-7-18(8-6-17)31-22-9-10-26-20-12-21(29)14(13-25)11-19(20)22;/h1-12,29H,(H2,27,28,30);. The summed E-state index contributed by atoms with van der Waals surface area (Å²) in [6.07, 6.45) is 1.54. The number of carbonyl (C=O) groups excluding carboxylic acids is 1. The first-order valence-electron chi connectivity index (χ1n) is 9.15. The summed E-state index contributed by atoms with van der Waals surface area (Å²) in [5.41, 5.74) is 1.61. The van der Waals surface area contributed by atoms with Gasteiger partial charge in [0.2, 0.25) is 0 Å². The number of hydrogen-bond donors (Lipinski definition) is 3. The van der Waals surface area contributed by atoms with Crippen LogP contribution in [0.15, 0.2) is 72.9 Å². The number of carbonyl (C=O) groups is 1. The van der Waals surface area contributed by atoms with Gasteiger partial charge in [0.1, 0.15) is 29.1 Å². The summed E-state index contributed by atoms with van der Waals surface area (Å²) >= 11 is 0. The Labute approximate surface area is 204 Å². The number of urea groups is 1. The average Bonchev–Trinajstić information content (AvgIpc) is 2.76. The van der Waals surface area contributed by atoms with Crippen LogP contribution in [-0.2, 0) is 0 Å². The fourth-order valence-electron chi connectivity index (χ4n) is 2.89. The number of anilines is 2. The van der Waals surface area contributed by atoms with Crippen LogP contribution in [0.1, 0.15) is 5.56 Å². The fourth-order valence-corrected chi connectivity index (χ4v) is 2.89. The van der Waals surface area contributed by atoms with Crippen molar-refractivity contribution in [2.75, 3.05) is 10.6 Å². The maximum atomic E-state index is 12.9. The number of aromatic hydroxyl groups is 1. The molecule has 0 fully saturated rings. The number of nitriles is 1. The molecule has 0 saturated carbocycles. The summed E-state index contributed by atoms with van der Waals surface area (Å²) in [6, 6.07) is 18.1. The first-order chi connectivity index (χ1) is 15.0. The van der Waals surface area contributed by atoms with Crippen LogP contribution in [-0.4, -0.2) is 45.7 Å². The van der Waals surface area contributed by atoms with Crippen LogP contribution >= 0.6 is 0 Å². The van der Waals surface area contributed by atoms with E-state index in [1.807, 2.05) is 6.07 Å². The molecule has 32 heavy (non-hydrogen) atoms. The van der Waals surface area contributed by atoms with Gasteiger partial charge in [0, 0.05) is 58.6 Å². The minimum Gasteiger partial charge on any atom is -0.506 e. The minimum absolute atomic E-state index is 0. The molecule has 153 valence electrons. The number of aromatic nitrogens is 1. The summed E-state index contributed by atoms with van der Waals surface area (Å²) in [7, 11) is 0. The van der Waals surface area contributed by atoms with E-state index in [1.165, 1.54) is 36.4 Å². The summed E-state index contributed by atoms with van der Waals surface area (Å²) in [5.74, 6) is 0.443. The first kappa shape index (κ1) is 23.0. The molecular formula is C23H15FN4NaO3. The Kier molecular flexibility index (Phi) is 7.28. The predicted molar refractivity (Wildman–Crippen MR) is 119 cm³/mol. The molecule has 1 aromatic heterocycles. The number of amides is 2. The molecule has 2 amide bonds. The Morgan fingerprint density at radius 1 is 1.00 bits per heavy atom. The number of phenols is 1. The molecule has 0 bridgehead atoms. The van der Waals surface area contributed by atoms with E-state index in [0.717, 1.165) is 0 Å². The molecule has 0 aliphatic rings. The number of nitrogens with one attached hydrogen (secondary N) is 2. The normalized spacial score (nSPS) is 10.0. The van der Waals surface area contributed by atoms with Gasteiger partial charge in [0.15, 0.2) is 0 Å². The van der Waals surface area contributed by atoms with E-state index < -0.39 is 6.03 Å². The van der Waals surface area contributed by atoms with Gasteiger partial charge in [0.05, 0.1) is 11.1 Å². The maximum Gasteiger partial charge on any atom is 0.323 e. The monoisotopic (exact) mass is 437 g/mol. The number of fused-ring (bicyclic) bond motifs is 1. The molecule has 4 rings (SSSR count). The third-order valence-electron chi connectivity index (χ3n) is 4.38. The van der Waals surface area contributed by atoms with Crippen molar-refractivity contribution >= 4 is 57.9 Å². The molecule has 1 radical (unpaired) electrons. The van der Waals surface area contributed by atoms with Gasteiger partial charge in [-0.1, -0.05) is 0 Å². The Morgan fingerprint density at radius 3 is 2.25 bits per heavy atom. The molecule has 4 aromatic rings. The van der Waals surface area contributed by atoms with E-state index in [9.17, 15) is 14.3 Å². The largest absolute Gasteiger partial charge is 0.506 e. The van der Waals surface area contributed by atoms with Gasteiger partial charge < -0.3 is 20.5 Å². The summed E-state index contributed by atoms with van der Waals surface area (Å²) in [5, 5.41) is 24.8. The van der Waals surface area contributed by atoms with Crippen LogP contribution in [0.2, 0.25) is 0 Å². The Bertz CT molecular complexity index is 1310. The minimum atomic E-state index is -0.468. The second kappa shape index (κ2) is 10.1. The second-order valence-corrected chi connectivity index (χ2v) is 6.52. The second-order valence-electron chi connectivity index (χ2n) is 6.52. The zero-order valence-electron chi connectivity index (χ0n) is 17.0. The Morgan fingerprint density at radius 2 is 1.62 bits per heavy atom. The molecule has 0 atom stereocenters. The van der Waals surface area contributed by atoms with Crippen molar-refractivity contribution in [2.45, 2.75) is 0 Å². The first-order valence-corrected chi connectivity index (χ1v) is 9.15. The van der Waals surface area contributed by atoms with Gasteiger partial charge in [-0.3, -0.25) is 4.98 Å². The van der Waals surface area contributed by atoms with E-state index in [-0.39, 0.29) is 46.7 Å². The van der Waals surface area contributed by atoms with Gasteiger partial charge in [-0.25, -0.2) is 9.18 Å². The SMILES string of the molecule is N#Cc1cc2c(Oc3ccc(NC(=O)Nc4ccc(F)cc4)cc3)ccnc2cc1O.[Na]. The smallest absolute Gasteiger partial charge is 0.323 e. The van der Waals surface area contributed by atoms with E-state index in [1.54, 1.807) is 36.5 Å². The number of phenolic OH excluding ortho intramolecular Hbond substituents is 1. The molecule has 7 nitrogen and oxygen atoms in total. The van der Waals surface area contributed by atoms with Crippen LogP contribution in [0, 0.1) is 17.1 Å². The summed E-state index contributed by atoms with van der Waals surface area (Å²) < 4.78 is 18.8. The molecule has 3 N–H and O–H groups in total. The molecule has 0 spiro atoms. The molecule has 0 saturated heterocycles. The number of halogens is 1. The van der Waals surface area contributed by atoms with Crippen LogP contribution in [0.5, 0.6) is 17.2 Å². The summed E-state index contributed by atoms with van der Waals surface area (Å²) in [6.45, 7) is 0. The van der Waals surface area contributed by atoms with E-state index in [4.69, 9.17) is 10.00 Å². The average molecular weight is 437 g/mol. The number of rotatable bonds is 4. The zero-order chi connectivity index (χ0) is 21.8. The van der Waals surface area contributed by atoms with Gasteiger partial charge in [-0.05, 0) is 60.7 Å². The third kappa shape index (κ3) is 5.34. The number of pyridine rings is 1. The molecule has 0 aliphatic heterocycles. The third-order valence-corrected chi connectivity index (χ3v) is 4.38.